The SMILES string of the molecule is N#Cc1ccc(-n2c(SCc3cccc(F)c3)nc3cccnc3c2=O)cc1. The van der Waals surface area contributed by atoms with Crippen LogP contribution in [0, 0.1) is 17.1 Å². The third-order valence-corrected chi connectivity index (χ3v) is 5.12. The molecule has 0 spiro atoms. The van der Waals surface area contributed by atoms with E-state index in [0.717, 1.165) is 5.56 Å². The maximum absolute atomic E-state index is 13.5. The van der Waals surface area contributed by atoms with E-state index in [-0.39, 0.29) is 16.9 Å². The predicted octanol–water partition coefficient (Wildman–Crippen LogP) is 4.08. The van der Waals surface area contributed by atoms with Crippen molar-refractivity contribution in [3.05, 3.63) is 94.2 Å². The highest BCUT2D eigenvalue weighted by molar-refractivity contribution is 7.98. The van der Waals surface area contributed by atoms with Gasteiger partial charge in [-0.1, -0.05) is 23.9 Å². The van der Waals surface area contributed by atoms with Gasteiger partial charge in [-0.15, -0.1) is 0 Å². The Kier molecular flexibility index (Phi) is 4.87. The lowest BCUT2D eigenvalue weighted by Gasteiger charge is -2.13. The van der Waals surface area contributed by atoms with Crippen LogP contribution in [-0.2, 0) is 5.75 Å². The number of pyridine rings is 1. The van der Waals surface area contributed by atoms with Crippen LogP contribution >= 0.6 is 11.8 Å². The van der Waals surface area contributed by atoms with Crippen molar-refractivity contribution in [1.82, 2.24) is 14.5 Å². The lowest BCUT2D eigenvalue weighted by atomic mass is 10.2. The van der Waals surface area contributed by atoms with Crippen LogP contribution in [-0.4, -0.2) is 14.5 Å². The van der Waals surface area contributed by atoms with Crippen molar-refractivity contribution in [2.24, 2.45) is 0 Å². The van der Waals surface area contributed by atoms with E-state index in [4.69, 9.17) is 5.26 Å². The van der Waals surface area contributed by atoms with Crippen molar-refractivity contribution in [2.75, 3.05) is 0 Å². The number of aromatic nitrogens is 3. The molecule has 0 bridgehead atoms. The molecule has 0 saturated heterocycles. The summed E-state index contributed by atoms with van der Waals surface area (Å²) in [5, 5.41) is 9.48. The zero-order valence-corrected chi connectivity index (χ0v) is 15.4. The van der Waals surface area contributed by atoms with Crippen LogP contribution in [0.1, 0.15) is 11.1 Å². The van der Waals surface area contributed by atoms with E-state index in [1.54, 1.807) is 48.7 Å². The molecule has 5 nitrogen and oxygen atoms in total. The van der Waals surface area contributed by atoms with Crippen molar-refractivity contribution in [1.29, 1.82) is 5.26 Å². The molecule has 0 N–H and O–H groups in total. The molecule has 0 unspecified atom stereocenters. The second-order valence-corrected chi connectivity index (χ2v) is 6.93. The van der Waals surface area contributed by atoms with Gasteiger partial charge in [0.25, 0.3) is 5.56 Å². The van der Waals surface area contributed by atoms with E-state index >= 15 is 0 Å². The summed E-state index contributed by atoms with van der Waals surface area (Å²) in [6.07, 6.45) is 1.55. The number of hydrogen-bond acceptors (Lipinski definition) is 5. The number of rotatable bonds is 4. The maximum Gasteiger partial charge on any atom is 0.285 e. The molecule has 4 aromatic rings. The fourth-order valence-electron chi connectivity index (χ4n) is 2.78. The summed E-state index contributed by atoms with van der Waals surface area (Å²) < 4.78 is 14.9. The van der Waals surface area contributed by atoms with Crippen molar-refractivity contribution < 1.29 is 4.39 Å². The molecule has 28 heavy (non-hydrogen) atoms. The summed E-state index contributed by atoms with van der Waals surface area (Å²) >= 11 is 1.34. The van der Waals surface area contributed by atoms with Gasteiger partial charge in [0.2, 0.25) is 0 Å². The van der Waals surface area contributed by atoms with Gasteiger partial charge in [-0.05, 0) is 54.1 Å². The molecule has 4 rings (SSSR count). The van der Waals surface area contributed by atoms with Gasteiger partial charge in [0.1, 0.15) is 5.82 Å². The number of hydrogen-bond donors (Lipinski definition) is 0. The zero-order chi connectivity index (χ0) is 19.5. The molecule has 136 valence electrons. The molecule has 0 atom stereocenters. The second-order valence-electron chi connectivity index (χ2n) is 5.98. The lowest BCUT2D eigenvalue weighted by Crippen LogP contribution is -2.22. The summed E-state index contributed by atoms with van der Waals surface area (Å²) in [6, 6.07) is 18.5. The molecule has 0 aliphatic carbocycles. The summed E-state index contributed by atoms with van der Waals surface area (Å²) in [5.74, 6) is 0.143. The van der Waals surface area contributed by atoms with Crippen LogP contribution in [0.15, 0.2) is 76.8 Å². The molecule has 0 radical (unpaired) electrons. The predicted molar refractivity (Wildman–Crippen MR) is 106 cm³/mol. The van der Waals surface area contributed by atoms with E-state index in [1.165, 1.54) is 28.5 Å². The first-order valence-electron chi connectivity index (χ1n) is 8.41. The standard InChI is InChI=1S/C21H13FN4OS/c22-16-4-1-3-15(11-16)13-28-21-25-18-5-2-10-24-19(18)20(27)26(21)17-8-6-14(12-23)7-9-17/h1-11H,13H2. The Labute approximate surface area is 164 Å². The molecule has 0 aliphatic rings. The van der Waals surface area contributed by atoms with Crippen molar-refractivity contribution >= 4 is 22.8 Å². The first-order chi connectivity index (χ1) is 13.7. The van der Waals surface area contributed by atoms with Crippen LogP contribution < -0.4 is 5.56 Å². The number of nitrogens with zero attached hydrogens (tertiary/aromatic N) is 4. The third kappa shape index (κ3) is 3.50. The third-order valence-electron chi connectivity index (χ3n) is 4.11. The van der Waals surface area contributed by atoms with Gasteiger partial charge in [0, 0.05) is 11.9 Å². The number of halogens is 1. The van der Waals surface area contributed by atoms with Gasteiger partial charge < -0.3 is 0 Å². The first kappa shape index (κ1) is 17.9. The highest BCUT2D eigenvalue weighted by atomic mass is 32.2. The zero-order valence-electron chi connectivity index (χ0n) is 14.5. The van der Waals surface area contributed by atoms with Crippen molar-refractivity contribution in [3.63, 3.8) is 0 Å². The average Bonchev–Trinajstić information content (AvgIpc) is 2.73. The number of nitriles is 1. The highest BCUT2D eigenvalue weighted by Crippen LogP contribution is 2.24. The molecule has 0 amide bonds. The van der Waals surface area contributed by atoms with Gasteiger partial charge in [0.05, 0.1) is 22.8 Å². The van der Waals surface area contributed by atoms with Gasteiger partial charge >= 0.3 is 0 Å². The largest absolute Gasteiger partial charge is 0.285 e. The minimum absolute atomic E-state index is 0.266. The van der Waals surface area contributed by atoms with Gasteiger partial charge in [-0.3, -0.25) is 9.36 Å². The molecule has 2 aromatic carbocycles. The smallest absolute Gasteiger partial charge is 0.266 e. The summed E-state index contributed by atoms with van der Waals surface area (Å²) in [5.41, 5.74) is 2.35. The quantitative estimate of drug-likeness (QED) is 0.389. The minimum Gasteiger partial charge on any atom is -0.266 e. The Morgan fingerprint density at radius 2 is 1.93 bits per heavy atom. The molecule has 2 aromatic heterocycles. The molecular weight excluding hydrogens is 375 g/mol. The van der Waals surface area contributed by atoms with E-state index < -0.39 is 0 Å². The number of benzene rings is 2. The maximum atomic E-state index is 13.5. The highest BCUT2D eigenvalue weighted by Gasteiger charge is 2.14. The fraction of sp³-hybridized carbons (Fsp3) is 0.0476. The Morgan fingerprint density at radius 1 is 1.11 bits per heavy atom. The second kappa shape index (κ2) is 7.62. The van der Waals surface area contributed by atoms with Crippen LogP contribution in [0.4, 0.5) is 4.39 Å². The Morgan fingerprint density at radius 3 is 2.68 bits per heavy atom. The lowest BCUT2D eigenvalue weighted by molar-refractivity contribution is 0.626. The van der Waals surface area contributed by atoms with Crippen LogP contribution in [0.3, 0.4) is 0 Å². The van der Waals surface area contributed by atoms with Crippen molar-refractivity contribution in [3.8, 4) is 11.8 Å². The minimum atomic E-state index is -0.307. The van der Waals surface area contributed by atoms with Crippen molar-refractivity contribution in [2.45, 2.75) is 10.9 Å². The van der Waals surface area contributed by atoms with Gasteiger partial charge in [-0.25, -0.2) is 14.4 Å². The molecular formula is C21H13FN4OS. The van der Waals surface area contributed by atoms with Gasteiger partial charge in [-0.2, -0.15) is 5.26 Å². The normalized spacial score (nSPS) is 10.7. The first-order valence-corrected chi connectivity index (χ1v) is 9.40. The molecule has 0 fully saturated rings. The monoisotopic (exact) mass is 388 g/mol. The van der Waals surface area contributed by atoms with Crippen LogP contribution in [0.25, 0.3) is 16.7 Å². The van der Waals surface area contributed by atoms with Crippen LogP contribution in [0.5, 0.6) is 0 Å². The molecule has 0 saturated carbocycles. The summed E-state index contributed by atoms with van der Waals surface area (Å²) in [6.45, 7) is 0. The molecule has 0 aliphatic heterocycles. The van der Waals surface area contributed by atoms with E-state index in [0.29, 0.717) is 27.7 Å². The summed E-state index contributed by atoms with van der Waals surface area (Å²) in [7, 11) is 0. The van der Waals surface area contributed by atoms with Gasteiger partial charge in [0.15, 0.2) is 10.7 Å². The van der Waals surface area contributed by atoms with Crippen LogP contribution in [0.2, 0.25) is 0 Å². The Hall–Kier alpha value is -3.50. The van der Waals surface area contributed by atoms with E-state index in [1.807, 2.05) is 6.07 Å². The fourth-order valence-corrected chi connectivity index (χ4v) is 3.74. The van der Waals surface area contributed by atoms with E-state index in [2.05, 4.69) is 16.0 Å². The number of fused-ring (bicyclic) bond motifs is 1. The summed E-state index contributed by atoms with van der Waals surface area (Å²) in [4.78, 5) is 21.9. The Balaban J connectivity index is 1.83. The molecule has 7 heteroatoms. The van der Waals surface area contributed by atoms with E-state index in [9.17, 15) is 9.18 Å². The number of thioether (sulfide) groups is 1. The molecule has 2 heterocycles. The topological polar surface area (TPSA) is 71.6 Å². The Bertz CT molecular complexity index is 1260. The average molecular weight is 388 g/mol.